The van der Waals surface area contributed by atoms with Gasteiger partial charge >= 0.3 is 0 Å². The lowest BCUT2D eigenvalue weighted by molar-refractivity contribution is 0.0951. The van der Waals surface area contributed by atoms with Gasteiger partial charge in [-0.1, -0.05) is 36.4 Å². The summed E-state index contributed by atoms with van der Waals surface area (Å²) in [4.78, 5) is 11.6. The second-order valence-corrected chi connectivity index (χ2v) is 3.73. The van der Waals surface area contributed by atoms with E-state index in [1.165, 1.54) is 0 Å². The Balaban J connectivity index is 2.12. The van der Waals surface area contributed by atoms with Gasteiger partial charge in [-0.25, -0.2) is 5.84 Å². The van der Waals surface area contributed by atoms with Gasteiger partial charge in [-0.15, -0.1) is 0 Å². The highest BCUT2D eigenvalue weighted by Crippen LogP contribution is 2.14. The van der Waals surface area contributed by atoms with Crippen LogP contribution in [0.25, 0.3) is 0 Å². The summed E-state index contributed by atoms with van der Waals surface area (Å²) < 4.78 is 5.61. The van der Waals surface area contributed by atoms with Gasteiger partial charge in [-0.3, -0.25) is 10.2 Å². The summed E-state index contributed by atoms with van der Waals surface area (Å²) in [6.07, 6.45) is 0. The molecule has 2 aromatic carbocycles. The van der Waals surface area contributed by atoms with Crippen molar-refractivity contribution in [1.29, 1.82) is 0 Å². The second kappa shape index (κ2) is 5.84. The lowest BCUT2D eigenvalue weighted by Gasteiger charge is -2.09. The first-order valence-corrected chi connectivity index (χ1v) is 5.58. The van der Waals surface area contributed by atoms with E-state index in [0.717, 1.165) is 11.3 Å². The number of hydrogen-bond donors (Lipinski definition) is 2. The maximum atomic E-state index is 11.6. The highest BCUT2D eigenvalue weighted by Gasteiger charge is 2.09. The highest BCUT2D eigenvalue weighted by molar-refractivity contribution is 5.95. The van der Waals surface area contributed by atoms with E-state index in [2.05, 4.69) is 5.43 Å². The number of hydrazine groups is 1. The molecule has 0 aromatic heterocycles. The Morgan fingerprint density at radius 3 is 2.44 bits per heavy atom. The van der Waals surface area contributed by atoms with Crippen LogP contribution >= 0.6 is 0 Å². The summed E-state index contributed by atoms with van der Waals surface area (Å²) in [5.41, 5.74) is 3.45. The van der Waals surface area contributed by atoms with Crippen LogP contribution in [0, 0.1) is 0 Å². The molecular formula is C14H14N2O2. The zero-order valence-corrected chi connectivity index (χ0v) is 9.80. The molecule has 0 heterocycles. The number of para-hydroxylation sites is 1. The molecule has 4 heteroatoms. The van der Waals surface area contributed by atoms with E-state index in [4.69, 9.17) is 10.6 Å². The predicted octanol–water partition coefficient (Wildman–Crippen LogP) is 1.87. The standard InChI is InChI=1S/C14H14N2O2/c15-16-14(17)13-9-5-4-6-11(13)10-18-12-7-2-1-3-8-12/h1-9H,10,15H2,(H,16,17). The van der Waals surface area contributed by atoms with Gasteiger partial charge in [0.1, 0.15) is 12.4 Å². The van der Waals surface area contributed by atoms with E-state index in [1.54, 1.807) is 12.1 Å². The van der Waals surface area contributed by atoms with Crippen LogP contribution < -0.4 is 16.0 Å². The Labute approximate surface area is 105 Å². The fraction of sp³-hybridized carbons (Fsp3) is 0.0714. The smallest absolute Gasteiger partial charge is 0.265 e. The van der Waals surface area contributed by atoms with E-state index in [-0.39, 0.29) is 5.91 Å². The molecule has 92 valence electrons. The summed E-state index contributed by atoms with van der Waals surface area (Å²) in [6.45, 7) is 0.327. The minimum atomic E-state index is -0.317. The van der Waals surface area contributed by atoms with Crippen molar-refractivity contribution in [1.82, 2.24) is 5.43 Å². The second-order valence-electron chi connectivity index (χ2n) is 3.73. The molecule has 18 heavy (non-hydrogen) atoms. The number of carbonyl (C=O) groups is 1. The number of amides is 1. The Hall–Kier alpha value is -2.33. The van der Waals surface area contributed by atoms with Crippen LogP contribution in [0.5, 0.6) is 5.75 Å². The van der Waals surface area contributed by atoms with E-state index in [1.807, 2.05) is 42.5 Å². The SMILES string of the molecule is NNC(=O)c1ccccc1COc1ccccc1. The van der Waals surface area contributed by atoms with Crippen LogP contribution in [0.3, 0.4) is 0 Å². The third-order valence-corrected chi connectivity index (χ3v) is 2.53. The van der Waals surface area contributed by atoms with E-state index >= 15 is 0 Å². The van der Waals surface area contributed by atoms with Crippen LogP contribution in [-0.2, 0) is 6.61 Å². The first-order valence-electron chi connectivity index (χ1n) is 5.58. The third-order valence-electron chi connectivity index (χ3n) is 2.53. The molecule has 0 radical (unpaired) electrons. The number of hydrogen-bond acceptors (Lipinski definition) is 3. The Morgan fingerprint density at radius 2 is 1.72 bits per heavy atom. The molecule has 0 aliphatic heterocycles. The zero-order valence-electron chi connectivity index (χ0n) is 9.80. The van der Waals surface area contributed by atoms with Gasteiger partial charge in [0.25, 0.3) is 5.91 Å². The Kier molecular flexibility index (Phi) is 3.94. The number of nitrogen functional groups attached to an aromatic ring is 1. The Bertz CT molecular complexity index is 526. The number of rotatable bonds is 4. The summed E-state index contributed by atoms with van der Waals surface area (Å²) in [7, 11) is 0. The molecule has 2 rings (SSSR count). The summed E-state index contributed by atoms with van der Waals surface area (Å²) in [5.74, 6) is 5.59. The molecule has 0 atom stereocenters. The molecule has 1 amide bonds. The molecule has 0 saturated carbocycles. The summed E-state index contributed by atoms with van der Waals surface area (Å²) in [6, 6.07) is 16.6. The highest BCUT2D eigenvalue weighted by atomic mass is 16.5. The van der Waals surface area contributed by atoms with E-state index < -0.39 is 0 Å². The molecule has 0 aliphatic rings. The minimum Gasteiger partial charge on any atom is -0.489 e. The normalized spacial score (nSPS) is 9.83. The van der Waals surface area contributed by atoms with Crippen LogP contribution in [0.15, 0.2) is 54.6 Å². The molecule has 0 spiro atoms. The molecule has 3 N–H and O–H groups in total. The molecular weight excluding hydrogens is 228 g/mol. The predicted molar refractivity (Wildman–Crippen MR) is 68.9 cm³/mol. The van der Waals surface area contributed by atoms with Gasteiger partial charge in [0, 0.05) is 11.1 Å². The van der Waals surface area contributed by atoms with Gasteiger partial charge in [-0.2, -0.15) is 0 Å². The lowest BCUT2D eigenvalue weighted by atomic mass is 10.1. The van der Waals surface area contributed by atoms with Gasteiger partial charge in [0.2, 0.25) is 0 Å². The largest absolute Gasteiger partial charge is 0.489 e. The topological polar surface area (TPSA) is 64.3 Å². The van der Waals surface area contributed by atoms with Crippen molar-refractivity contribution < 1.29 is 9.53 Å². The molecule has 0 bridgehead atoms. The van der Waals surface area contributed by atoms with Crippen molar-refractivity contribution in [2.75, 3.05) is 0 Å². The fourth-order valence-electron chi connectivity index (χ4n) is 1.62. The van der Waals surface area contributed by atoms with E-state index in [9.17, 15) is 4.79 Å². The number of carbonyl (C=O) groups excluding carboxylic acids is 1. The first-order chi connectivity index (χ1) is 8.81. The van der Waals surface area contributed by atoms with E-state index in [0.29, 0.717) is 12.2 Å². The van der Waals surface area contributed by atoms with Crippen molar-refractivity contribution in [3.63, 3.8) is 0 Å². The molecule has 0 saturated heterocycles. The average Bonchev–Trinajstić information content (AvgIpc) is 2.45. The lowest BCUT2D eigenvalue weighted by Crippen LogP contribution is -2.30. The van der Waals surface area contributed by atoms with Crippen molar-refractivity contribution >= 4 is 5.91 Å². The monoisotopic (exact) mass is 242 g/mol. The van der Waals surface area contributed by atoms with Gasteiger partial charge in [0.15, 0.2) is 0 Å². The van der Waals surface area contributed by atoms with Crippen LogP contribution in [0.2, 0.25) is 0 Å². The van der Waals surface area contributed by atoms with Gasteiger partial charge in [0.05, 0.1) is 0 Å². The average molecular weight is 242 g/mol. The zero-order chi connectivity index (χ0) is 12.8. The first kappa shape index (κ1) is 12.1. The number of ether oxygens (including phenoxy) is 1. The molecule has 2 aromatic rings. The molecule has 0 fully saturated rings. The minimum absolute atomic E-state index is 0.317. The number of benzene rings is 2. The number of nitrogens with two attached hydrogens (primary N) is 1. The summed E-state index contributed by atoms with van der Waals surface area (Å²) in [5, 5.41) is 0. The quantitative estimate of drug-likeness (QED) is 0.488. The van der Waals surface area contributed by atoms with Crippen molar-refractivity contribution in [2.45, 2.75) is 6.61 Å². The molecule has 4 nitrogen and oxygen atoms in total. The maximum absolute atomic E-state index is 11.6. The van der Waals surface area contributed by atoms with Crippen LogP contribution in [-0.4, -0.2) is 5.91 Å². The molecule has 0 unspecified atom stereocenters. The summed E-state index contributed by atoms with van der Waals surface area (Å²) >= 11 is 0. The van der Waals surface area contributed by atoms with Gasteiger partial charge < -0.3 is 4.74 Å². The van der Waals surface area contributed by atoms with Gasteiger partial charge in [-0.05, 0) is 18.2 Å². The fourth-order valence-corrected chi connectivity index (χ4v) is 1.62. The van der Waals surface area contributed by atoms with Crippen LogP contribution in [0.1, 0.15) is 15.9 Å². The van der Waals surface area contributed by atoms with Crippen molar-refractivity contribution in [2.24, 2.45) is 5.84 Å². The van der Waals surface area contributed by atoms with Crippen LogP contribution in [0.4, 0.5) is 0 Å². The maximum Gasteiger partial charge on any atom is 0.265 e. The van der Waals surface area contributed by atoms with Crippen molar-refractivity contribution in [3.8, 4) is 5.75 Å². The molecule has 0 aliphatic carbocycles. The number of nitrogens with one attached hydrogen (secondary N) is 1. The van der Waals surface area contributed by atoms with Crippen molar-refractivity contribution in [3.05, 3.63) is 65.7 Å². The Morgan fingerprint density at radius 1 is 1.06 bits per heavy atom. The third kappa shape index (κ3) is 2.87.